The van der Waals surface area contributed by atoms with Crippen LogP contribution in [-0.2, 0) is 13.1 Å². The summed E-state index contributed by atoms with van der Waals surface area (Å²) in [5, 5.41) is 8.75. The van der Waals surface area contributed by atoms with Crippen LogP contribution in [0.2, 0.25) is 0 Å². The van der Waals surface area contributed by atoms with Crippen LogP contribution in [-0.4, -0.2) is 37.9 Å². The van der Waals surface area contributed by atoms with E-state index in [1.54, 1.807) is 14.2 Å². The predicted octanol–water partition coefficient (Wildman–Crippen LogP) is 3.61. The van der Waals surface area contributed by atoms with Crippen LogP contribution in [0.15, 0.2) is 54.7 Å². The molecule has 0 bridgehead atoms. The van der Waals surface area contributed by atoms with E-state index in [1.807, 2.05) is 59.5 Å². The topological polar surface area (TPSA) is 89.7 Å². The van der Waals surface area contributed by atoms with Gasteiger partial charge < -0.3 is 23.8 Å². The molecule has 0 spiro atoms. The van der Waals surface area contributed by atoms with Gasteiger partial charge in [0.05, 0.1) is 27.5 Å². The average molecular weight is 420 g/mol. The second-order valence-electron chi connectivity index (χ2n) is 6.54. The normalized spacial score (nSPS) is 10.1. The van der Waals surface area contributed by atoms with Crippen LogP contribution in [0.4, 0.5) is 5.95 Å². The van der Waals surface area contributed by atoms with Crippen molar-refractivity contribution in [2.45, 2.75) is 13.1 Å². The van der Waals surface area contributed by atoms with E-state index in [0.717, 1.165) is 22.6 Å². The molecular weight excluding hydrogens is 396 g/mol. The van der Waals surface area contributed by atoms with Crippen LogP contribution in [0.1, 0.15) is 11.1 Å². The second kappa shape index (κ2) is 10.7. The first-order valence-electron chi connectivity index (χ1n) is 9.58. The number of methoxy groups -OCH3 is 3. The molecule has 1 heterocycles. The van der Waals surface area contributed by atoms with Gasteiger partial charge in [0, 0.05) is 13.1 Å². The van der Waals surface area contributed by atoms with Crippen molar-refractivity contribution in [2.24, 2.45) is 0 Å². The average Bonchev–Trinajstić information content (AvgIpc) is 2.83. The zero-order chi connectivity index (χ0) is 22.1. The van der Waals surface area contributed by atoms with E-state index in [2.05, 4.69) is 9.97 Å². The van der Waals surface area contributed by atoms with E-state index in [-0.39, 0.29) is 12.5 Å². The molecule has 1 aromatic heterocycles. The Morgan fingerprint density at radius 3 is 1.84 bits per heavy atom. The highest BCUT2D eigenvalue weighted by Crippen LogP contribution is 2.27. The standard InChI is InChI=1S/C23H24N4O4/c1-28-19-8-4-17(5-9-19)15-27(16-18-6-10-20(29-2)11-7-18)23-25-14-21(31-13-12-24)22(26-23)30-3/h4-11,14H,13,15-16H2,1-3H3. The number of rotatable bonds is 10. The van der Waals surface area contributed by atoms with Crippen molar-refractivity contribution in [1.82, 2.24) is 9.97 Å². The number of aromatic nitrogens is 2. The molecule has 160 valence electrons. The van der Waals surface area contributed by atoms with Gasteiger partial charge in [-0.25, -0.2) is 4.98 Å². The maximum atomic E-state index is 8.75. The monoisotopic (exact) mass is 420 g/mol. The molecule has 0 radical (unpaired) electrons. The quantitative estimate of drug-likeness (QED) is 0.491. The first-order valence-corrected chi connectivity index (χ1v) is 9.58. The van der Waals surface area contributed by atoms with Crippen molar-refractivity contribution in [1.29, 1.82) is 5.26 Å². The third kappa shape index (κ3) is 5.76. The predicted molar refractivity (Wildman–Crippen MR) is 116 cm³/mol. The summed E-state index contributed by atoms with van der Waals surface area (Å²) >= 11 is 0. The highest BCUT2D eigenvalue weighted by molar-refractivity contribution is 5.42. The number of benzene rings is 2. The molecular formula is C23H24N4O4. The summed E-state index contributed by atoms with van der Waals surface area (Å²) in [4.78, 5) is 11.0. The van der Waals surface area contributed by atoms with Gasteiger partial charge in [-0.05, 0) is 35.4 Å². The third-order valence-corrected chi connectivity index (χ3v) is 4.54. The number of nitriles is 1. The Kier molecular flexibility index (Phi) is 7.49. The van der Waals surface area contributed by atoms with E-state index in [4.69, 9.17) is 24.2 Å². The van der Waals surface area contributed by atoms with E-state index in [9.17, 15) is 0 Å². The first kappa shape index (κ1) is 21.7. The third-order valence-electron chi connectivity index (χ3n) is 4.54. The minimum Gasteiger partial charge on any atom is -0.497 e. The summed E-state index contributed by atoms with van der Waals surface area (Å²) in [5.74, 6) is 2.66. The summed E-state index contributed by atoms with van der Waals surface area (Å²) in [6, 6.07) is 17.6. The second-order valence-corrected chi connectivity index (χ2v) is 6.54. The SMILES string of the molecule is COc1ccc(CN(Cc2ccc(OC)cc2)c2ncc(OCC#N)c(OC)n2)cc1. The van der Waals surface area contributed by atoms with E-state index >= 15 is 0 Å². The number of anilines is 1. The fourth-order valence-corrected chi connectivity index (χ4v) is 2.95. The molecule has 0 aliphatic heterocycles. The number of ether oxygens (including phenoxy) is 4. The highest BCUT2D eigenvalue weighted by atomic mass is 16.5. The Morgan fingerprint density at radius 1 is 0.839 bits per heavy atom. The first-order chi connectivity index (χ1) is 15.2. The molecule has 8 nitrogen and oxygen atoms in total. The molecule has 31 heavy (non-hydrogen) atoms. The number of hydrogen-bond donors (Lipinski definition) is 0. The Bertz CT molecular complexity index is 968. The molecule has 0 saturated carbocycles. The molecule has 0 N–H and O–H groups in total. The lowest BCUT2D eigenvalue weighted by Crippen LogP contribution is -2.24. The van der Waals surface area contributed by atoms with Crippen molar-refractivity contribution in [3.05, 3.63) is 65.9 Å². The van der Waals surface area contributed by atoms with Crippen molar-refractivity contribution < 1.29 is 18.9 Å². The molecule has 0 atom stereocenters. The summed E-state index contributed by atoms with van der Waals surface area (Å²) in [6.07, 6.45) is 1.52. The summed E-state index contributed by atoms with van der Waals surface area (Å²) in [5.41, 5.74) is 2.14. The van der Waals surface area contributed by atoms with Crippen LogP contribution < -0.4 is 23.8 Å². The molecule has 0 aliphatic rings. The van der Waals surface area contributed by atoms with Gasteiger partial charge in [-0.15, -0.1) is 0 Å². The fourth-order valence-electron chi connectivity index (χ4n) is 2.95. The molecule has 3 aromatic rings. The van der Waals surface area contributed by atoms with E-state index in [1.165, 1.54) is 13.3 Å². The highest BCUT2D eigenvalue weighted by Gasteiger charge is 2.16. The molecule has 3 rings (SSSR count). The molecule has 0 saturated heterocycles. The number of nitrogens with zero attached hydrogens (tertiary/aromatic N) is 4. The minimum absolute atomic E-state index is 0.111. The van der Waals surface area contributed by atoms with Gasteiger partial charge >= 0.3 is 0 Å². The van der Waals surface area contributed by atoms with E-state index < -0.39 is 0 Å². The molecule has 0 fully saturated rings. The Labute approximate surface area is 181 Å². The molecule has 8 heteroatoms. The minimum atomic E-state index is -0.111. The lowest BCUT2D eigenvalue weighted by molar-refractivity contribution is 0.318. The maximum Gasteiger partial charge on any atom is 0.261 e. The van der Waals surface area contributed by atoms with Gasteiger partial charge in [0.1, 0.15) is 17.6 Å². The van der Waals surface area contributed by atoms with Crippen LogP contribution in [0.25, 0.3) is 0 Å². The summed E-state index contributed by atoms with van der Waals surface area (Å²) < 4.78 is 21.2. The molecule has 0 unspecified atom stereocenters. The van der Waals surface area contributed by atoms with Gasteiger partial charge in [-0.3, -0.25) is 0 Å². The van der Waals surface area contributed by atoms with Crippen molar-refractivity contribution >= 4 is 5.95 Å². The fraction of sp³-hybridized carbons (Fsp3) is 0.261. The van der Waals surface area contributed by atoms with Crippen LogP contribution in [0.5, 0.6) is 23.1 Å². The Balaban J connectivity index is 1.90. The zero-order valence-electron chi connectivity index (χ0n) is 17.7. The lowest BCUT2D eigenvalue weighted by atomic mass is 10.1. The molecule has 0 aliphatic carbocycles. The largest absolute Gasteiger partial charge is 0.497 e. The lowest BCUT2D eigenvalue weighted by Gasteiger charge is -2.24. The van der Waals surface area contributed by atoms with E-state index in [0.29, 0.717) is 24.8 Å². The van der Waals surface area contributed by atoms with Crippen molar-refractivity contribution in [3.63, 3.8) is 0 Å². The van der Waals surface area contributed by atoms with Crippen LogP contribution in [0.3, 0.4) is 0 Å². The summed E-state index contributed by atoms with van der Waals surface area (Å²) in [6.45, 7) is 1.02. The Morgan fingerprint density at radius 2 is 1.39 bits per heavy atom. The van der Waals surface area contributed by atoms with Crippen molar-refractivity contribution in [2.75, 3.05) is 32.8 Å². The van der Waals surface area contributed by atoms with Gasteiger partial charge in [0.2, 0.25) is 11.7 Å². The van der Waals surface area contributed by atoms with Crippen LogP contribution >= 0.6 is 0 Å². The smallest absolute Gasteiger partial charge is 0.261 e. The molecule has 2 aromatic carbocycles. The van der Waals surface area contributed by atoms with Crippen LogP contribution in [0, 0.1) is 11.3 Å². The Hall–Kier alpha value is -3.99. The van der Waals surface area contributed by atoms with Gasteiger partial charge in [-0.1, -0.05) is 24.3 Å². The zero-order valence-corrected chi connectivity index (χ0v) is 17.7. The molecule has 0 amide bonds. The number of hydrogen-bond acceptors (Lipinski definition) is 8. The van der Waals surface area contributed by atoms with Gasteiger partial charge in [0.25, 0.3) is 5.88 Å². The summed E-state index contributed by atoms with van der Waals surface area (Å²) in [7, 11) is 4.78. The maximum absolute atomic E-state index is 8.75. The van der Waals surface area contributed by atoms with Gasteiger partial charge in [0.15, 0.2) is 6.61 Å². The van der Waals surface area contributed by atoms with Gasteiger partial charge in [-0.2, -0.15) is 10.2 Å². The van der Waals surface area contributed by atoms with Crippen molar-refractivity contribution in [3.8, 4) is 29.2 Å².